The Hall–Kier alpha value is -8.00. The maximum Gasteiger partial charge on any atom is 0.0732 e. The summed E-state index contributed by atoms with van der Waals surface area (Å²) in [5.74, 6) is 0. The fourth-order valence-electron chi connectivity index (χ4n) is 12.5. The van der Waals surface area contributed by atoms with Gasteiger partial charge in [-0.15, -0.1) is 0 Å². The Labute approximate surface area is 379 Å². The lowest BCUT2D eigenvalue weighted by Crippen LogP contribution is -2.32. The predicted molar refractivity (Wildman–Crippen MR) is 273 cm³/mol. The van der Waals surface area contributed by atoms with Crippen LogP contribution in [0.3, 0.4) is 0 Å². The third kappa shape index (κ3) is 4.82. The van der Waals surface area contributed by atoms with Gasteiger partial charge in [-0.2, -0.15) is 0 Å². The monoisotopic (exact) mass is 825 g/mol. The Morgan fingerprint density at radius 3 is 1.57 bits per heavy atom. The highest BCUT2D eigenvalue weighted by atomic mass is 15.1. The Kier molecular flexibility index (Phi) is 7.45. The molecule has 11 aromatic rings. The van der Waals surface area contributed by atoms with Crippen molar-refractivity contribution in [2.75, 3.05) is 4.90 Å². The SMILES string of the molecule is CC1(C)c2ccccc2-c2cc(N(c3ccc4c(c3)C3(c5ccccc5-4)c4ccccc4-c4cccc5ccc(-c6cccc7ccccc67)c3c45)c3cccc4ccccc34)ccc21. The molecule has 1 atom stereocenters. The van der Waals surface area contributed by atoms with Gasteiger partial charge in [0.1, 0.15) is 0 Å². The molecule has 0 N–H and O–H groups in total. The highest BCUT2D eigenvalue weighted by Gasteiger charge is 2.51. The second-order valence-electron chi connectivity index (χ2n) is 18.7. The smallest absolute Gasteiger partial charge is 0.0732 e. The first-order valence-electron chi connectivity index (χ1n) is 22.9. The zero-order valence-corrected chi connectivity index (χ0v) is 36.3. The predicted octanol–water partition coefficient (Wildman–Crippen LogP) is 16.9. The molecule has 0 radical (unpaired) electrons. The lowest BCUT2D eigenvalue weighted by molar-refractivity contribution is 0.660. The zero-order valence-electron chi connectivity index (χ0n) is 36.3. The lowest BCUT2D eigenvalue weighted by Gasteiger charge is -2.42. The van der Waals surface area contributed by atoms with Crippen molar-refractivity contribution in [3.05, 3.63) is 258 Å². The Morgan fingerprint density at radius 2 is 0.800 bits per heavy atom. The molecule has 0 saturated carbocycles. The van der Waals surface area contributed by atoms with E-state index in [2.05, 4.69) is 243 Å². The highest BCUT2D eigenvalue weighted by Crippen LogP contribution is 2.64. The maximum atomic E-state index is 2.55. The average Bonchev–Trinajstić information content (AvgIpc) is 3.77. The second-order valence-corrected chi connectivity index (χ2v) is 18.7. The van der Waals surface area contributed by atoms with E-state index in [1.54, 1.807) is 0 Å². The molecule has 14 rings (SSSR count). The summed E-state index contributed by atoms with van der Waals surface area (Å²) in [7, 11) is 0. The van der Waals surface area contributed by atoms with Crippen molar-refractivity contribution in [3.8, 4) is 44.5 Å². The third-order valence-electron chi connectivity index (χ3n) is 15.2. The van der Waals surface area contributed by atoms with E-state index < -0.39 is 5.41 Å². The Balaban J connectivity index is 1.11. The standard InChI is InChI=1S/C64H43N/c1-63(2)55-28-10-7-25-50(55)54-38-43(34-37-56(54)63)65(60-31-15-19-41-17-4-6-22-46(41)60)44-33-36-51-48-23-8-11-29-57(48)64(59(51)39-44)58-30-12-9-24-49(58)52-27-14-20-42-32-35-53(62(64)61(42)52)47-26-13-18-40-16-3-5-21-45(40)47/h3-39H,1-2H3. The molecule has 0 aromatic heterocycles. The summed E-state index contributed by atoms with van der Waals surface area (Å²) in [4.78, 5) is 2.53. The normalized spacial score (nSPS) is 15.7. The van der Waals surface area contributed by atoms with Crippen LogP contribution in [0.2, 0.25) is 0 Å². The van der Waals surface area contributed by atoms with E-state index in [-0.39, 0.29) is 5.41 Å². The molecule has 304 valence electrons. The molecule has 11 aromatic carbocycles. The van der Waals surface area contributed by atoms with Crippen LogP contribution in [-0.4, -0.2) is 0 Å². The lowest BCUT2D eigenvalue weighted by atomic mass is 9.60. The Bertz CT molecular complexity index is 3820. The van der Waals surface area contributed by atoms with E-state index in [0.29, 0.717) is 0 Å². The van der Waals surface area contributed by atoms with Crippen LogP contribution in [0.15, 0.2) is 224 Å². The molecule has 1 unspecified atom stereocenters. The van der Waals surface area contributed by atoms with Gasteiger partial charge in [0.05, 0.1) is 11.1 Å². The number of rotatable bonds is 4. The minimum Gasteiger partial charge on any atom is -0.310 e. The summed E-state index contributed by atoms with van der Waals surface area (Å²) < 4.78 is 0. The van der Waals surface area contributed by atoms with Crippen molar-refractivity contribution in [2.24, 2.45) is 0 Å². The molecular weight excluding hydrogens is 783 g/mol. The van der Waals surface area contributed by atoms with Crippen molar-refractivity contribution in [1.82, 2.24) is 0 Å². The van der Waals surface area contributed by atoms with Crippen LogP contribution in [0.4, 0.5) is 17.1 Å². The van der Waals surface area contributed by atoms with Crippen molar-refractivity contribution in [2.45, 2.75) is 24.7 Å². The van der Waals surface area contributed by atoms with Gasteiger partial charge in [0.15, 0.2) is 0 Å². The van der Waals surface area contributed by atoms with E-state index >= 15 is 0 Å². The summed E-state index contributed by atoms with van der Waals surface area (Å²) in [6.45, 7) is 4.73. The van der Waals surface area contributed by atoms with Crippen LogP contribution < -0.4 is 4.90 Å². The molecule has 3 aliphatic carbocycles. The molecule has 0 heterocycles. The number of benzene rings is 11. The van der Waals surface area contributed by atoms with E-state index in [1.807, 2.05) is 0 Å². The number of hydrogen-bond donors (Lipinski definition) is 0. The van der Waals surface area contributed by atoms with Gasteiger partial charge in [-0.1, -0.05) is 208 Å². The first-order valence-corrected chi connectivity index (χ1v) is 22.9. The first kappa shape index (κ1) is 36.5. The van der Waals surface area contributed by atoms with Gasteiger partial charge in [0.25, 0.3) is 0 Å². The molecule has 0 bridgehead atoms. The zero-order chi connectivity index (χ0) is 43.0. The molecular formula is C64H43N. The molecule has 3 aliphatic rings. The molecule has 0 aliphatic heterocycles. The number of anilines is 3. The highest BCUT2D eigenvalue weighted by molar-refractivity contribution is 6.12. The first-order chi connectivity index (χ1) is 32.0. The molecule has 0 saturated heterocycles. The van der Waals surface area contributed by atoms with E-state index in [1.165, 1.54) is 110 Å². The molecule has 0 fully saturated rings. The van der Waals surface area contributed by atoms with Crippen molar-refractivity contribution >= 4 is 49.4 Å². The molecule has 0 amide bonds. The van der Waals surface area contributed by atoms with Crippen LogP contribution >= 0.6 is 0 Å². The van der Waals surface area contributed by atoms with Crippen molar-refractivity contribution in [1.29, 1.82) is 0 Å². The molecule has 65 heavy (non-hydrogen) atoms. The summed E-state index contributed by atoms with van der Waals surface area (Å²) in [5, 5.41) is 7.54. The topological polar surface area (TPSA) is 3.24 Å². The fraction of sp³-hybridized carbons (Fsp3) is 0.0625. The summed E-state index contributed by atoms with van der Waals surface area (Å²) in [5.41, 5.74) is 21.1. The minimum atomic E-state index is -0.635. The van der Waals surface area contributed by atoms with Crippen molar-refractivity contribution < 1.29 is 0 Å². The number of fused-ring (bicyclic) bond motifs is 14. The fourth-order valence-corrected chi connectivity index (χ4v) is 12.5. The average molecular weight is 826 g/mol. The van der Waals surface area contributed by atoms with Crippen LogP contribution in [0.25, 0.3) is 76.8 Å². The van der Waals surface area contributed by atoms with Gasteiger partial charge < -0.3 is 4.90 Å². The van der Waals surface area contributed by atoms with Gasteiger partial charge in [-0.25, -0.2) is 0 Å². The minimum absolute atomic E-state index is 0.0894. The molecule has 1 spiro atoms. The van der Waals surface area contributed by atoms with Gasteiger partial charge in [-0.3, -0.25) is 0 Å². The van der Waals surface area contributed by atoms with Crippen molar-refractivity contribution in [3.63, 3.8) is 0 Å². The maximum absolute atomic E-state index is 2.55. The third-order valence-corrected chi connectivity index (χ3v) is 15.2. The largest absolute Gasteiger partial charge is 0.310 e. The molecule has 1 heteroatoms. The van der Waals surface area contributed by atoms with Gasteiger partial charge in [0.2, 0.25) is 0 Å². The van der Waals surface area contributed by atoms with Crippen LogP contribution in [0.1, 0.15) is 47.2 Å². The van der Waals surface area contributed by atoms with Gasteiger partial charge in [0, 0.05) is 22.2 Å². The summed E-state index contributed by atoms with van der Waals surface area (Å²) in [6.07, 6.45) is 0. The van der Waals surface area contributed by atoms with E-state index in [9.17, 15) is 0 Å². The van der Waals surface area contributed by atoms with Crippen LogP contribution in [-0.2, 0) is 10.8 Å². The number of hydrogen-bond acceptors (Lipinski definition) is 1. The Morgan fingerprint density at radius 1 is 0.308 bits per heavy atom. The molecule has 1 nitrogen and oxygen atoms in total. The van der Waals surface area contributed by atoms with Crippen LogP contribution in [0, 0.1) is 0 Å². The second kappa shape index (κ2) is 13.3. The van der Waals surface area contributed by atoms with E-state index in [4.69, 9.17) is 0 Å². The number of nitrogens with zero attached hydrogens (tertiary/aromatic N) is 1. The van der Waals surface area contributed by atoms with Gasteiger partial charge in [-0.05, 0) is 135 Å². The van der Waals surface area contributed by atoms with Crippen LogP contribution in [0.5, 0.6) is 0 Å². The summed E-state index contributed by atoms with van der Waals surface area (Å²) in [6, 6.07) is 84.9. The quantitative estimate of drug-likeness (QED) is 0.171. The van der Waals surface area contributed by atoms with Gasteiger partial charge >= 0.3 is 0 Å². The van der Waals surface area contributed by atoms with E-state index in [0.717, 1.165) is 17.1 Å². The summed E-state index contributed by atoms with van der Waals surface area (Å²) >= 11 is 0.